The summed E-state index contributed by atoms with van der Waals surface area (Å²) in [4.78, 5) is 48.2. The van der Waals surface area contributed by atoms with E-state index < -0.39 is 6.10 Å². The van der Waals surface area contributed by atoms with Crippen LogP contribution >= 0.6 is 11.6 Å². The highest BCUT2D eigenvalue weighted by Gasteiger charge is 2.39. The first-order valence-electron chi connectivity index (χ1n) is 14.7. The van der Waals surface area contributed by atoms with E-state index in [1.165, 1.54) is 4.90 Å². The number of amides is 2. The number of imide groups is 1. The SMILES string of the molecule is COCCN1CCC(CN2C(=O)c3cc4c(cc3C2=O)NC(=C2C(=O)CC=CC2=NC[C@@H](O)c2cccc(Cl)c2)C4)CC1. The number of fused-ring (bicyclic) bond motifs is 2. The number of carbonyl (C=O) groups is 3. The predicted molar refractivity (Wildman–Crippen MR) is 165 cm³/mol. The third kappa shape index (κ3) is 6.08. The average molecular weight is 603 g/mol. The van der Waals surface area contributed by atoms with Gasteiger partial charge in [-0.1, -0.05) is 29.8 Å². The zero-order valence-electron chi connectivity index (χ0n) is 24.1. The molecule has 0 aromatic heterocycles. The molecule has 4 aliphatic rings. The van der Waals surface area contributed by atoms with E-state index >= 15 is 0 Å². The minimum atomic E-state index is -0.872. The van der Waals surface area contributed by atoms with Crippen molar-refractivity contribution in [2.75, 3.05) is 51.8 Å². The van der Waals surface area contributed by atoms with Crippen LogP contribution in [0.3, 0.4) is 0 Å². The summed E-state index contributed by atoms with van der Waals surface area (Å²) in [5.41, 5.74) is 4.68. The molecule has 0 saturated carbocycles. The van der Waals surface area contributed by atoms with Gasteiger partial charge >= 0.3 is 0 Å². The number of Topliss-reactive ketones (excluding diaryl/α,β-unsaturated/α-hetero) is 1. The Morgan fingerprint density at radius 3 is 2.63 bits per heavy atom. The molecule has 10 heteroatoms. The van der Waals surface area contributed by atoms with Crippen LogP contribution < -0.4 is 5.32 Å². The fraction of sp³-hybridized carbons (Fsp3) is 0.394. The summed E-state index contributed by atoms with van der Waals surface area (Å²) in [5.74, 6) is -0.309. The summed E-state index contributed by atoms with van der Waals surface area (Å²) in [6.07, 6.45) is 5.23. The third-order valence-corrected chi connectivity index (χ3v) is 8.93. The number of hydrogen-bond donors (Lipinski definition) is 2. The van der Waals surface area contributed by atoms with E-state index in [1.54, 1.807) is 55.7 Å². The minimum Gasteiger partial charge on any atom is -0.386 e. The van der Waals surface area contributed by atoms with Crippen molar-refractivity contribution in [3.63, 3.8) is 0 Å². The number of carbonyl (C=O) groups excluding carboxylic acids is 3. The van der Waals surface area contributed by atoms with Crippen molar-refractivity contribution in [2.45, 2.75) is 31.8 Å². The molecule has 1 atom stereocenters. The number of methoxy groups -OCH3 is 1. The molecule has 43 heavy (non-hydrogen) atoms. The summed E-state index contributed by atoms with van der Waals surface area (Å²) in [7, 11) is 1.70. The van der Waals surface area contributed by atoms with Crippen LogP contribution in [0.2, 0.25) is 5.02 Å². The van der Waals surface area contributed by atoms with Crippen LogP contribution in [0.15, 0.2) is 64.8 Å². The van der Waals surface area contributed by atoms with Gasteiger partial charge in [0.05, 0.1) is 41.7 Å². The van der Waals surface area contributed by atoms with E-state index in [4.69, 9.17) is 16.3 Å². The Kier molecular flexibility index (Phi) is 8.59. The number of ether oxygens (including phenoxy) is 1. The zero-order valence-corrected chi connectivity index (χ0v) is 24.9. The molecule has 2 N–H and O–H groups in total. The number of aliphatic hydroxyl groups is 1. The standard InChI is InChI=1S/C33H35ClN4O5/c1-43-13-12-37-10-8-20(9-11-37)19-38-32(41)24-15-22-16-28(36-27(22)17-25(24)33(38)42)31-26(6-3-7-29(31)39)35-18-30(40)21-4-2-5-23(34)14-21/h2-6,14-15,17,20,30,36,40H,7-13,16,18-19H2,1H3/t30-/m1/s1. The fourth-order valence-electron chi connectivity index (χ4n) is 6.29. The Bertz CT molecular complexity index is 1510. The third-order valence-electron chi connectivity index (χ3n) is 8.69. The molecule has 2 amide bonds. The minimum absolute atomic E-state index is 0.0658. The van der Waals surface area contributed by atoms with Gasteiger partial charge in [0.1, 0.15) is 0 Å². The lowest BCUT2D eigenvalue weighted by atomic mass is 9.93. The molecule has 3 aliphatic heterocycles. The van der Waals surface area contributed by atoms with E-state index in [0.29, 0.717) is 58.3 Å². The molecule has 1 aliphatic carbocycles. The average Bonchev–Trinajstić information content (AvgIpc) is 3.52. The van der Waals surface area contributed by atoms with E-state index in [0.717, 1.165) is 43.7 Å². The molecule has 0 spiro atoms. The van der Waals surface area contributed by atoms with E-state index in [1.807, 2.05) is 0 Å². The Hall–Kier alpha value is -3.63. The summed E-state index contributed by atoms with van der Waals surface area (Å²) in [6.45, 7) is 3.96. The van der Waals surface area contributed by atoms with Crippen molar-refractivity contribution in [3.05, 3.63) is 87.1 Å². The molecule has 3 heterocycles. The number of allylic oxidation sites excluding steroid dienone is 4. The largest absolute Gasteiger partial charge is 0.386 e. The topological polar surface area (TPSA) is 112 Å². The van der Waals surface area contributed by atoms with E-state index in [2.05, 4.69) is 15.2 Å². The number of piperidine rings is 1. The number of likely N-dealkylation sites (tertiary alicyclic amines) is 1. The number of aliphatic hydroxyl groups excluding tert-OH is 1. The molecule has 0 radical (unpaired) electrons. The van der Waals surface area contributed by atoms with Gasteiger partial charge in [-0.25, -0.2) is 0 Å². The lowest BCUT2D eigenvalue weighted by Crippen LogP contribution is -2.41. The first-order valence-corrected chi connectivity index (χ1v) is 15.1. The van der Waals surface area contributed by atoms with Gasteiger partial charge < -0.3 is 20.1 Å². The number of benzene rings is 2. The van der Waals surface area contributed by atoms with Gasteiger partial charge in [-0.05, 0) is 73.3 Å². The second-order valence-corrected chi connectivity index (χ2v) is 12.0. The van der Waals surface area contributed by atoms with Crippen molar-refractivity contribution in [1.29, 1.82) is 0 Å². The maximum absolute atomic E-state index is 13.4. The number of anilines is 1. The van der Waals surface area contributed by atoms with Gasteiger partial charge in [0.15, 0.2) is 5.78 Å². The van der Waals surface area contributed by atoms with Crippen LogP contribution in [-0.4, -0.2) is 84.7 Å². The fourth-order valence-corrected chi connectivity index (χ4v) is 6.49. The van der Waals surface area contributed by atoms with Crippen LogP contribution in [0.1, 0.15) is 57.2 Å². The lowest BCUT2D eigenvalue weighted by molar-refractivity contribution is -0.114. The molecular weight excluding hydrogens is 568 g/mol. The summed E-state index contributed by atoms with van der Waals surface area (Å²) >= 11 is 6.07. The maximum Gasteiger partial charge on any atom is 0.261 e. The number of nitrogens with one attached hydrogen (secondary N) is 1. The number of aliphatic imine (C=N–C) groups is 1. The van der Waals surface area contributed by atoms with Gasteiger partial charge in [-0.2, -0.15) is 0 Å². The molecule has 2 aromatic carbocycles. The summed E-state index contributed by atoms with van der Waals surface area (Å²) < 4.78 is 5.18. The first kappa shape index (κ1) is 29.4. The molecule has 9 nitrogen and oxygen atoms in total. The van der Waals surface area contributed by atoms with Gasteiger partial charge in [0.25, 0.3) is 11.8 Å². The van der Waals surface area contributed by atoms with Crippen molar-refractivity contribution in [2.24, 2.45) is 10.9 Å². The smallest absolute Gasteiger partial charge is 0.261 e. The van der Waals surface area contributed by atoms with Gasteiger partial charge in [-0.3, -0.25) is 24.3 Å². The Morgan fingerprint density at radius 1 is 1.12 bits per heavy atom. The Morgan fingerprint density at radius 2 is 1.88 bits per heavy atom. The van der Waals surface area contributed by atoms with Gasteiger partial charge in [-0.15, -0.1) is 0 Å². The first-order chi connectivity index (χ1) is 20.8. The van der Waals surface area contributed by atoms with Crippen LogP contribution in [0.4, 0.5) is 5.69 Å². The van der Waals surface area contributed by atoms with Crippen molar-refractivity contribution in [1.82, 2.24) is 9.80 Å². The summed E-state index contributed by atoms with van der Waals surface area (Å²) in [6, 6.07) is 10.5. The highest BCUT2D eigenvalue weighted by atomic mass is 35.5. The molecule has 2 aromatic rings. The molecule has 224 valence electrons. The molecule has 0 unspecified atom stereocenters. The van der Waals surface area contributed by atoms with Crippen LogP contribution in [-0.2, 0) is 16.0 Å². The van der Waals surface area contributed by atoms with Crippen LogP contribution in [0.25, 0.3) is 0 Å². The number of halogens is 1. The Labute approximate surface area is 255 Å². The molecule has 1 fully saturated rings. The monoisotopic (exact) mass is 602 g/mol. The second-order valence-electron chi connectivity index (χ2n) is 11.5. The number of hydrogen-bond acceptors (Lipinski definition) is 8. The molecule has 1 saturated heterocycles. The van der Waals surface area contributed by atoms with Gasteiger partial charge in [0, 0.05) is 49.4 Å². The number of nitrogens with zero attached hydrogens (tertiary/aromatic N) is 3. The van der Waals surface area contributed by atoms with E-state index in [9.17, 15) is 19.5 Å². The molecular formula is C33H35ClN4O5. The second kappa shape index (κ2) is 12.5. The van der Waals surface area contributed by atoms with Gasteiger partial charge in [0.2, 0.25) is 0 Å². The highest BCUT2D eigenvalue weighted by molar-refractivity contribution is 6.30. The van der Waals surface area contributed by atoms with Crippen molar-refractivity contribution >= 4 is 40.6 Å². The normalized spacial score (nSPS) is 22.3. The predicted octanol–water partition coefficient (Wildman–Crippen LogP) is 4.22. The summed E-state index contributed by atoms with van der Waals surface area (Å²) in [5, 5.41) is 14.5. The highest BCUT2D eigenvalue weighted by Crippen LogP contribution is 2.37. The van der Waals surface area contributed by atoms with Crippen molar-refractivity contribution < 1.29 is 24.2 Å². The van der Waals surface area contributed by atoms with Crippen LogP contribution in [0.5, 0.6) is 0 Å². The molecule has 0 bridgehead atoms. The van der Waals surface area contributed by atoms with Crippen molar-refractivity contribution in [3.8, 4) is 0 Å². The molecule has 6 rings (SSSR count). The maximum atomic E-state index is 13.4. The zero-order chi connectivity index (χ0) is 30.1. The van der Waals surface area contributed by atoms with Crippen LogP contribution in [0, 0.1) is 5.92 Å². The Balaban J connectivity index is 1.17. The quantitative estimate of drug-likeness (QED) is 0.344. The lowest BCUT2D eigenvalue weighted by Gasteiger charge is -2.33. The van der Waals surface area contributed by atoms with E-state index in [-0.39, 0.29) is 36.5 Å². The number of rotatable bonds is 8. The number of ketones is 1.